The molecule has 2 aromatic carbocycles. The SMILES string of the molecule is CCCc1cc(NC2CCCC2)n2nccc2n1.[B]Cc1ccc(-c2ccc(C(N)=O)cc2)cc1. The van der Waals surface area contributed by atoms with E-state index in [2.05, 4.69) is 28.4 Å². The van der Waals surface area contributed by atoms with E-state index in [-0.39, 0.29) is 0 Å². The van der Waals surface area contributed by atoms with E-state index in [1.165, 1.54) is 25.7 Å². The second kappa shape index (κ2) is 11.7. The van der Waals surface area contributed by atoms with E-state index >= 15 is 0 Å². The van der Waals surface area contributed by atoms with Crippen molar-refractivity contribution in [3.8, 4) is 11.1 Å². The minimum absolute atomic E-state index is 0.407. The lowest BCUT2D eigenvalue weighted by atomic mass is 9.95. The smallest absolute Gasteiger partial charge is 0.248 e. The van der Waals surface area contributed by atoms with Gasteiger partial charge >= 0.3 is 0 Å². The number of primary amides is 1. The van der Waals surface area contributed by atoms with Crippen LogP contribution in [0.15, 0.2) is 66.9 Å². The van der Waals surface area contributed by atoms with Crippen LogP contribution in [0.25, 0.3) is 16.8 Å². The fourth-order valence-electron chi connectivity index (χ4n) is 4.39. The number of nitrogens with one attached hydrogen (secondary N) is 1. The Morgan fingerprint density at radius 2 is 1.71 bits per heavy atom. The van der Waals surface area contributed by atoms with Gasteiger partial charge in [0.1, 0.15) is 5.82 Å². The van der Waals surface area contributed by atoms with Crippen molar-refractivity contribution < 1.29 is 4.79 Å². The summed E-state index contributed by atoms with van der Waals surface area (Å²) in [5.74, 6) is 0.690. The lowest BCUT2D eigenvalue weighted by molar-refractivity contribution is 0.100. The van der Waals surface area contributed by atoms with E-state index in [0.717, 1.165) is 46.7 Å². The van der Waals surface area contributed by atoms with E-state index in [4.69, 9.17) is 13.6 Å². The molecule has 0 spiro atoms. The molecule has 0 saturated heterocycles. The molecular formula is C28H32BN5O. The Hall–Kier alpha value is -3.61. The number of hydrogen-bond donors (Lipinski definition) is 2. The molecule has 0 bridgehead atoms. The Morgan fingerprint density at radius 1 is 1.06 bits per heavy atom. The van der Waals surface area contributed by atoms with Crippen molar-refractivity contribution in [2.75, 3.05) is 5.32 Å². The number of carbonyl (C=O) groups excluding carboxylic acids is 1. The van der Waals surface area contributed by atoms with Gasteiger partial charge in [0, 0.05) is 29.4 Å². The summed E-state index contributed by atoms with van der Waals surface area (Å²) in [6.45, 7) is 2.19. The molecule has 0 aliphatic heterocycles. The highest BCUT2D eigenvalue weighted by molar-refractivity contribution is 6.08. The van der Waals surface area contributed by atoms with Crippen LogP contribution in [-0.2, 0) is 12.7 Å². The second-order valence-corrected chi connectivity index (χ2v) is 8.95. The predicted octanol–water partition coefficient (Wildman–Crippen LogP) is 5.16. The first kappa shape index (κ1) is 24.5. The summed E-state index contributed by atoms with van der Waals surface area (Å²) in [5.41, 5.74) is 11.1. The first-order valence-corrected chi connectivity index (χ1v) is 12.4. The Labute approximate surface area is 208 Å². The van der Waals surface area contributed by atoms with Gasteiger partial charge in [0.25, 0.3) is 0 Å². The highest BCUT2D eigenvalue weighted by Gasteiger charge is 2.16. The van der Waals surface area contributed by atoms with Crippen molar-refractivity contribution in [2.24, 2.45) is 5.73 Å². The number of carbonyl (C=O) groups is 1. The van der Waals surface area contributed by atoms with Gasteiger partial charge < -0.3 is 11.1 Å². The van der Waals surface area contributed by atoms with Gasteiger partial charge in [-0.25, -0.2) is 4.98 Å². The number of anilines is 1. The molecular weight excluding hydrogens is 433 g/mol. The number of nitrogens with two attached hydrogens (primary N) is 1. The predicted molar refractivity (Wildman–Crippen MR) is 143 cm³/mol. The molecule has 1 aliphatic rings. The number of fused-ring (bicyclic) bond motifs is 1. The third kappa shape index (κ3) is 6.29. The zero-order valence-electron chi connectivity index (χ0n) is 20.3. The van der Waals surface area contributed by atoms with Gasteiger partial charge in [0.2, 0.25) is 5.91 Å². The maximum atomic E-state index is 10.9. The molecule has 4 aromatic rings. The highest BCUT2D eigenvalue weighted by Crippen LogP contribution is 2.23. The molecule has 2 heterocycles. The van der Waals surface area contributed by atoms with Crippen LogP contribution in [0.4, 0.5) is 5.82 Å². The summed E-state index contributed by atoms with van der Waals surface area (Å²) in [6, 6.07) is 20.0. The average molecular weight is 465 g/mol. The second-order valence-electron chi connectivity index (χ2n) is 8.95. The van der Waals surface area contributed by atoms with Crippen LogP contribution >= 0.6 is 0 Å². The first-order chi connectivity index (χ1) is 17.1. The van der Waals surface area contributed by atoms with Crippen molar-refractivity contribution in [1.29, 1.82) is 0 Å². The van der Waals surface area contributed by atoms with Crippen LogP contribution in [0.5, 0.6) is 0 Å². The van der Waals surface area contributed by atoms with Crippen LogP contribution < -0.4 is 11.1 Å². The lowest BCUT2D eigenvalue weighted by Gasteiger charge is -2.15. The zero-order valence-corrected chi connectivity index (χ0v) is 20.3. The quantitative estimate of drug-likeness (QED) is 0.370. The molecule has 35 heavy (non-hydrogen) atoms. The number of aryl methyl sites for hydroxylation is 1. The summed E-state index contributed by atoms with van der Waals surface area (Å²) >= 11 is 0. The van der Waals surface area contributed by atoms with E-state index < -0.39 is 5.91 Å². The average Bonchev–Trinajstić information content (AvgIpc) is 3.57. The van der Waals surface area contributed by atoms with Gasteiger partial charge in [-0.2, -0.15) is 9.61 Å². The third-order valence-corrected chi connectivity index (χ3v) is 6.32. The van der Waals surface area contributed by atoms with Gasteiger partial charge in [-0.15, -0.1) is 0 Å². The van der Waals surface area contributed by atoms with Crippen LogP contribution in [-0.4, -0.2) is 34.4 Å². The fourth-order valence-corrected chi connectivity index (χ4v) is 4.39. The van der Waals surface area contributed by atoms with Crippen molar-refractivity contribution in [2.45, 2.75) is 57.8 Å². The molecule has 2 radical (unpaired) electrons. The molecule has 3 N–H and O–H groups in total. The zero-order chi connectivity index (χ0) is 24.6. The van der Waals surface area contributed by atoms with Crippen LogP contribution in [0.1, 0.15) is 60.6 Å². The molecule has 6 nitrogen and oxygen atoms in total. The molecule has 7 heteroatoms. The standard InChI is InChI=1S/C14H12BNO.C14H20N4/c15-9-10-1-3-11(4-2-10)12-5-7-13(8-6-12)14(16)17;1-2-5-12-10-14(16-11-6-3-4-7-11)18-13(17-12)8-9-15-18/h1-8H,9H2,(H2,16,17);8-11,16H,2-7H2,1H3. The van der Waals surface area contributed by atoms with E-state index in [1.807, 2.05) is 53.2 Å². The summed E-state index contributed by atoms with van der Waals surface area (Å²) < 4.78 is 1.91. The van der Waals surface area contributed by atoms with Crippen molar-refractivity contribution >= 4 is 25.2 Å². The topological polar surface area (TPSA) is 85.3 Å². The number of aromatic nitrogens is 3. The molecule has 178 valence electrons. The van der Waals surface area contributed by atoms with Gasteiger partial charge in [-0.3, -0.25) is 4.79 Å². The maximum Gasteiger partial charge on any atom is 0.248 e. The summed E-state index contributed by atoms with van der Waals surface area (Å²) in [6.07, 6.45) is 9.74. The first-order valence-electron chi connectivity index (χ1n) is 12.4. The molecule has 1 fully saturated rings. The van der Waals surface area contributed by atoms with Crippen molar-refractivity contribution in [1.82, 2.24) is 14.6 Å². The summed E-state index contributed by atoms with van der Waals surface area (Å²) in [5, 5.41) is 7.98. The fraction of sp³-hybridized carbons (Fsp3) is 0.321. The molecule has 5 rings (SSSR count). The Kier molecular flexibility index (Phi) is 8.19. The number of benzene rings is 2. The minimum atomic E-state index is -0.407. The Morgan fingerprint density at radius 3 is 2.31 bits per heavy atom. The van der Waals surface area contributed by atoms with Crippen LogP contribution in [0, 0.1) is 0 Å². The molecule has 1 amide bonds. The molecule has 1 saturated carbocycles. The molecule has 0 unspecified atom stereocenters. The number of hydrogen-bond acceptors (Lipinski definition) is 4. The lowest BCUT2D eigenvalue weighted by Crippen LogP contribution is -2.17. The summed E-state index contributed by atoms with van der Waals surface area (Å²) in [7, 11) is 5.54. The molecule has 2 aromatic heterocycles. The largest absolute Gasteiger partial charge is 0.367 e. The molecule has 1 aliphatic carbocycles. The third-order valence-electron chi connectivity index (χ3n) is 6.32. The molecule has 0 atom stereocenters. The monoisotopic (exact) mass is 465 g/mol. The van der Waals surface area contributed by atoms with Crippen LogP contribution in [0.2, 0.25) is 0 Å². The minimum Gasteiger partial charge on any atom is -0.367 e. The maximum absolute atomic E-state index is 10.9. The number of amides is 1. The van der Waals surface area contributed by atoms with E-state index in [9.17, 15) is 4.79 Å². The van der Waals surface area contributed by atoms with E-state index in [1.54, 1.807) is 12.1 Å². The summed E-state index contributed by atoms with van der Waals surface area (Å²) in [4.78, 5) is 15.6. The van der Waals surface area contributed by atoms with Gasteiger partial charge in [-0.1, -0.05) is 74.5 Å². The van der Waals surface area contributed by atoms with Crippen molar-refractivity contribution in [3.05, 3.63) is 83.7 Å². The Bertz CT molecular complexity index is 1240. The number of rotatable bonds is 7. The normalized spacial score (nSPS) is 13.4. The van der Waals surface area contributed by atoms with E-state index in [0.29, 0.717) is 17.9 Å². The number of nitrogens with zero attached hydrogens (tertiary/aromatic N) is 3. The van der Waals surface area contributed by atoms with Gasteiger partial charge in [0.15, 0.2) is 5.65 Å². The Balaban J connectivity index is 0.000000165. The van der Waals surface area contributed by atoms with Gasteiger partial charge in [-0.05, 0) is 42.5 Å². The van der Waals surface area contributed by atoms with Crippen LogP contribution in [0.3, 0.4) is 0 Å². The van der Waals surface area contributed by atoms with Gasteiger partial charge in [0.05, 0.1) is 14.0 Å². The van der Waals surface area contributed by atoms with Crippen molar-refractivity contribution in [3.63, 3.8) is 0 Å². The highest BCUT2D eigenvalue weighted by atomic mass is 16.1.